The summed E-state index contributed by atoms with van der Waals surface area (Å²) < 4.78 is 2.28. The second-order valence-corrected chi connectivity index (χ2v) is 10.1. The van der Waals surface area contributed by atoms with Gasteiger partial charge in [-0.1, -0.05) is 42.5 Å². The molecule has 0 spiro atoms. The Morgan fingerprint density at radius 3 is 2.76 bits per heavy atom. The minimum absolute atomic E-state index is 0.114. The number of fused-ring (bicyclic) bond motifs is 2. The van der Waals surface area contributed by atoms with Gasteiger partial charge in [0.25, 0.3) is 11.5 Å². The van der Waals surface area contributed by atoms with E-state index in [1.807, 2.05) is 12.1 Å². The molecule has 6 N–H and O–H groups in total. The van der Waals surface area contributed by atoms with Crippen LogP contribution in [0.25, 0.3) is 10.1 Å². The number of benzene rings is 1. The predicted molar refractivity (Wildman–Crippen MR) is 150 cm³/mol. The summed E-state index contributed by atoms with van der Waals surface area (Å²) in [4.78, 5) is 52.2. The van der Waals surface area contributed by atoms with Gasteiger partial charge in [-0.2, -0.15) is 0 Å². The Labute approximate surface area is 225 Å². The predicted octanol–water partition coefficient (Wildman–Crippen LogP) is 1.91. The van der Waals surface area contributed by atoms with Gasteiger partial charge in [-0.3, -0.25) is 19.0 Å². The third kappa shape index (κ3) is 5.14. The molecule has 1 unspecified atom stereocenters. The smallest absolute Gasteiger partial charge is 0.291 e. The van der Waals surface area contributed by atoms with Crippen LogP contribution in [0, 0.1) is 0 Å². The fourth-order valence-corrected chi connectivity index (χ4v) is 5.37. The number of aliphatic imine (C=N–C) groups is 1. The minimum Gasteiger partial charge on any atom is -0.384 e. The fraction of sp³-hybridized carbons (Fsp3) is 0.160. The highest BCUT2D eigenvalue weighted by molar-refractivity contribution is 7.80. The van der Waals surface area contributed by atoms with Crippen molar-refractivity contribution in [2.24, 2.45) is 10.7 Å². The SMILES string of the molecule is NC(=NC(=S)c1ccccc1)C(=O)Nc1cnc2n(c1=O)C(C(=O)NCc1cc3cnc(N)cc3s1)CC2. The number of amidine groups is 1. The molecule has 1 aromatic carbocycles. The highest BCUT2D eigenvalue weighted by Gasteiger charge is 2.31. The maximum Gasteiger partial charge on any atom is 0.291 e. The van der Waals surface area contributed by atoms with Crippen molar-refractivity contribution >= 4 is 67.8 Å². The number of hydrogen-bond acceptors (Lipinski definition) is 8. The molecule has 0 fully saturated rings. The Bertz CT molecular complexity index is 1660. The number of pyridine rings is 1. The Kier molecular flexibility index (Phi) is 6.94. The summed E-state index contributed by atoms with van der Waals surface area (Å²) in [6, 6.07) is 11.8. The van der Waals surface area contributed by atoms with Crippen molar-refractivity contribution in [3.8, 4) is 0 Å². The van der Waals surface area contributed by atoms with Gasteiger partial charge in [0, 0.05) is 33.1 Å². The summed E-state index contributed by atoms with van der Waals surface area (Å²) in [6.07, 6.45) is 3.80. The number of carbonyl (C=O) groups is 2. The van der Waals surface area contributed by atoms with Crippen LogP contribution in [0.1, 0.15) is 28.7 Å². The quantitative estimate of drug-likeness (QED) is 0.167. The lowest BCUT2D eigenvalue weighted by Gasteiger charge is -2.15. The standard InChI is InChI=1S/C25H22N8O3S2/c26-19-9-18-14(10-28-19)8-15(38-18)11-30-22(34)17-6-7-20-29-12-16(25(36)33(17)20)31-23(35)21(27)32-24(37)13-4-2-1-3-5-13/h1-5,8-10,12,17H,6-7,11H2,(H2,26,28)(H,30,34)(H,31,35)(H2,27,32,37). The summed E-state index contributed by atoms with van der Waals surface area (Å²) in [5, 5.41) is 6.27. The van der Waals surface area contributed by atoms with E-state index in [9.17, 15) is 14.4 Å². The van der Waals surface area contributed by atoms with Crippen LogP contribution in [-0.4, -0.2) is 37.2 Å². The second-order valence-electron chi connectivity index (χ2n) is 8.52. The van der Waals surface area contributed by atoms with E-state index in [0.29, 0.717) is 30.0 Å². The van der Waals surface area contributed by atoms with Gasteiger partial charge in [-0.05, 0) is 18.6 Å². The van der Waals surface area contributed by atoms with Gasteiger partial charge in [-0.15, -0.1) is 11.3 Å². The zero-order chi connectivity index (χ0) is 26.8. The molecule has 0 radical (unpaired) electrons. The first-order chi connectivity index (χ1) is 18.3. The Morgan fingerprint density at radius 1 is 1.18 bits per heavy atom. The number of amides is 2. The van der Waals surface area contributed by atoms with Crippen LogP contribution in [0.15, 0.2) is 64.6 Å². The summed E-state index contributed by atoms with van der Waals surface area (Å²) in [7, 11) is 0. The first kappa shape index (κ1) is 25.2. The Hall–Kier alpha value is -4.49. The van der Waals surface area contributed by atoms with Gasteiger partial charge in [0.05, 0.1) is 12.7 Å². The van der Waals surface area contributed by atoms with E-state index < -0.39 is 23.3 Å². The molecule has 0 bridgehead atoms. The molecule has 0 saturated heterocycles. The number of carbonyl (C=O) groups excluding carboxylic acids is 2. The number of nitrogens with two attached hydrogens (primary N) is 2. The van der Waals surface area contributed by atoms with Crippen LogP contribution in [0.5, 0.6) is 0 Å². The molecule has 4 heterocycles. The van der Waals surface area contributed by atoms with E-state index in [2.05, 4.69) is 25.6 Å². The first-order valence-corrected chi connectivity index (χ1v) is 12.8. The van der Waals surface area contributed by atoms with Gasteiger partial charge < -0.3 is 22.1 Å². The lowest BCUT2D eigenvalue weighted by atomic mass is 10.2. The maximum atomic E-state index is 13.2. The Balaban J connectivity index is 1.28. The van der Waals surface area contributed by atoms with Crippen LogP contribution in [0.2, 0.25) is 0 Å². The summed E-state index contributed by atoms with van der Waals surface area (Å²) in [5.41, 5.74) is 11.5. The number of hydrogen-bond donors (Lipinski definition) is 4. The molecule has 5 rings (SSSR count). The van der Waals surface area contributed by atoms with Crippen LogP contribution in [0.4, 0.5) is 11.5 Å². The number of nitrogen functional groups attached to an aromatic ring is 1. The topological polar surface area (TPSA) is 170 Å². The van der Waals surface area contributed by atoms with Gasteiger partial charge >= 0.3 is 0 Å². The normalized spacial score (nSPS) is 14.7. The van der Waals surface area contributed by atoms with Gasteiger partial charge in [0.15, 0.2) is 5.84 Å². The number of nitrogens with zero attached hydrogens (tertiary/aromatic N) is 4. The number of thiocarbonyl (C=S) groups is 1. The third-order valence-electron chi connectivity index (χ3n) is 5.96. The molecule has 2 amide bonds. The van der Waals surface area contributed by atoms with Crippen molar-refractivity contribution in [3.05, 3.63) is 81.5 Å². The maximum absolute atomic E-state index is 13.2. The van der Waals surface area contributed by atoms with Crippen LogP contribution in [-0.2, 0) is 22.6 Å². The second kappa shape index (κ2) is 10.5. The Morgan fingerprint density at radius 2 is 1.97 bits per heavy atom. The van der Waals surface area contributed by atoms with E-state index in [1.54, 1.807) is 36.5 Å². The number of anilines is 2. The van der Waals surface area contributed by atoms with Crippen molar-refractivity contribution in [2.45, 2.75) is 25.4 Å². The summed E-state index contributed by atoms with van der Waals surface area (Å²) in [6.45, 7) is 0.289. The number of nitrogens with one attached hydrogen (secondary N) is 2. The number of aryl methyl sites for hydroxylation is 1. The van der Waals surface area contributed by atoms with E-state index in [0.717, 1.165) is 15.0 Å². The molecule has 11 nitrogen and oxygen atoms in total. The van der Waals surface area contributed by atoms with Crippen LogP contribution >= 0.6 is 23.6 Å². The minimum atomic E-state index is -0.804. The molecule has 0 aliphatic carbocycles. The lowest BCUT2D eigenvalue weighted by Crippen LogP contribution is -2.38. The molecular formula is C25H22N8O3S2. The van der Waals surface area contributed by atoms with E-state index in [4.69, 9.17) is 23.7 Å². The van der Waals surface area contributed by atoms with Gasteiger partial charge in [0.2, 0.25) is 5.91 Å². The van der Waals surface area contributed by atoms with E-state index in [-0.39, 0.29) is 23.1 Å². The highest BCUT2D eigenvalue weighted by Crippen LogP contribution is 2.27. The van der Waals surface area contributed by atoms with Gasteiger partial charge in [-0.25, -0.2) is 15.0 Å². The number of aromatic nitrogens is 3. The zero-order valence-electron chi connectivity index (χ0n) is 19.9. The average Bonchev–Trinajstić information content (AvgIpc) is 3.53. The molecule has 1 atom stereocenters. The fourth-order valence-electron chi connectivity index (χ4n) is 4.11. The van der Waals surface area contributed by atoms with Crippen molar-refractivity contribution in [3.63, 3.8) is 0 Å². The van der Waals surface area contributed by atoms with Crippen LogP contribution in [0.3, 0.4) is 0 Å². The molecule has 13 heteroatoms. The number of rotatable bonds is 5. The van der Waals surface area contributed by atoms with Crippen molar-refractivity contribution in [1.29, 1.82) is 0 Å². The lowest BCUT2D eigenvalue weighted by molar-refractivity contribution is -0.124. The van der Waals surface area contributed by atoms with Crippen molar-refractivity contribution in [2.75, 3.05) is 11.1 Å². The molecule has 1 aliphatic heterocycles. The molecular weight excluding hydrogens is 524 g/mol. The first-order valence-electron chi connectivity index (χ1n) is 11.6. The largest absolute Gasteiger partial charge is 0.384 e. The van der Waals surface area contributed by atoms with E-state index >= 15 is 0 Å². The monoisotopic (exact) mass is 546 g/mol. The zero-order valence-corrected chi connectivity index (χ0v) is 21.5. The molecule has 192 valence electrons. The summed E-state index contributed by atoms with van der Waals surface area (Å²) >= 11 is 6.73. The molecule has 4 aromatic rings. The van der Waals surface area contributed by atoms with Crippen molar-refractivity contribution < 1.29 is 9.59 Å². The summed E-state index contributed by atoms with van der Waals surface area (Å²) in [5.74, 6) is -0.636. The molecule has 3 aromatic heterocycles. The molecule has 0 saturated carbocycles. The molecule has 1 aliphatic rings. The van der Waals surface area contributed by atoms with E-state index in [1.165, 1.54) is 22.1 Å². The van der Waals surface area contributed by atoms with Crippen LogP contribution < -0.4 is 27.7 Å². The third-order valence-corrected chi connectivity index (χ3v) is 7.38. The van der Waals surface area contributed by atoms with Crippen molar-refractivity contribution in [1.82, 2.24) is 19.9 Å². The van der Waals surface area contributed by atoms with Gasteiger partial charge in [0.1, 0.15) is 28.4 Å². The highest BCUT2D eigenvalue weighted by atomic mass is 32.1. The molecule has 38 heavy (non-hydrogen) atoms. The number of thiophene rings is 1. The average molecular weight is 547 g/mol.